The van der Waals surface area contributed by atoms with Crippen molar-refractivity contribution in [3.63, 3.8) is 0 Å². The number of urea groups is 1. The van der Waals surface area contributed by atoms with Gasteiger partial charge in [-0.05, 0) is 19.1 Å². The Kier molecular flexibility index (Phi) is 5.92. The average Bonchev–Trinajstić information content (AvgIpc) is 3.33. The number of piperazine rings is 1. The van der Waals surface area contributed by atoms with Crippen LogP contribution in [0.2, 0.25) is 0 Å². The number of anilines is 2. The Morgan fingerprint density at radius 1 is 0.903 bits per heavy atom. The van der Waals surface area contributed by atoms with Crippen LogP contribution in [0.1, 0.15) is 5.82 Å². The van der Waals surface area contributed by atoms with Gasteiger partial charge in [-0.3, -0.25) is 0 Å². The number of hydrogen-bond acceptors (Lipinski definition) is 6. The summed E-state index contributed by atoms with van der Waals surface area (Å²) in [6.45, 7) is 4.46. The molecule has 1 fully saturated rings. The Balaban J connectivity index is 1.40. The van der Waals surface area contributed by atoms with Crippen LogP contribution in [-0.2, 0) is 0 Å². The van der Waals surface area contributed by atoms with E-state index in [1.54, 1.807) is 37.3 Å². The Morgan fingerprint density at radius 2 is 1.52 bits per heavy atom. The summed E-state index contributed by atoms with van der Waals surface area (Å²) in [7, 11) is 3.16. The molecule has 2 amide bonds. The third-order valence-electron chi connectivity index (χ3n) is 5.17. The predicted octanol–water partition coefficient (Wildman–Crippen LogP) is 2.95. The SMILES string of the molecule is COc1cc(NC(=O)N2CCN(c3cc(-n4cccc4)nc(C)n3)CC2)cc(OC)c1. The average molecular weight is 422 g/mol. The van der Waals surface area contributed by atoms with Crippen LogP contribution in [0.25, 0.3) is 5.82 Å². The third kappa shape index (κ3) is 4.71. The Hall–Kier alpha value is -3.75. The lowest BCUT2D eigenvalue weighted by Crippen LogP contribution is -2.50. The molecule has 0 aliphatic carbocycles. The largest absolute Gasteiger partial charge is 0.497 e. The molecular weight excluding hydrogens is 396 g/mol. The zero-order valence-electron chi connectivity index (χ0n) is 17.9. The number of carbonyl (C=O) groups is 1. The lowest BCUT2D eigenvalue weighted by atomic mass is 10.2. The lowest BCUT2D eigenvalue weighted by Gasteiger charge is -2.35. The molecular formula is C22H26N6O3. The molecule has 9 nitrogen and oxygen atoms in total. The van der Waals surface area contributed by atoms with Crippen LogP contribution < -0.4 is 19.7 Å². The van der Waals surface area contributed by atoms with Crippen molar-refractivity contribution in [2.45, 2.75) is 6.92 Å². The number of nitrogens with one attached hydrogen (secondary N) is 1. The number of carbonyl (C=O) groups excluding carboxylic acids is 1. The van der Waals surface area contributed by atoms with E-state index in [2.05, 4.69) is 20.2 Å². The molecule has 1 N–H and O–H groups in total. The number of hydrogen-bond donors (Lipinski definition) is 1. The van der Waals surface area contributed by atoms with E-state index in [4.69, 9.17) is 9.47 Å². The molecule has 2 aromatic heterocycles. The van der Waals surface area contributed by atoms with Crippen LogP contribution in [0, 0.1) is 6.92 Å². The van der Waals surface area contributed by atoms with Gasteiger partial charge in [0.05, 0.1) is 14.2 Å². The maximum atomic E-state index is 12.8. The van der Waals surface area contributed by atoms with E-state index in [-0.39, 0.29) is 6.03 Å². The van der Waals surface area contributed by atoms with Crippen LogP contribution in [0.4, 0.5) is 16.3 Å². The molecule has 1 aliphatic heterocycles. The van der Waals surface area contributed by atoms with Crippen LogP contribution in [-0.4, -0.2) is 65.9 Å². The maximum absolute atomic E-state index is 12.8. The number of aryl methyl sites for hydroxylation is 1. The molecule has 0 atom stereocenters. The summed E-state index contributed by atoms with van der Waals surface area (Å²) >= 11 is 0. The number of aromatic nitrogens is 3. The molecule has 1 aliphatic rings. The fourth-order valence-corrected chi connectivity index (χ4v) is 3.54. The molecule has 0 radical (unpaired) electrons. The molecule has 1 saturated heterocycles. The first-order valence-corrected chi connectivity index (χ1v) is 10.1. The highest BCUT2D eigenvalue weighted by atomic mass is 16.5. The second-order valence-electron chi connectivity index (χ2n) is 7.23. The van der Waals surface area contributed by atoms with E-state index < -0.39 is 0 Å². The van der Waals surface area contributed by atoms with Crippen molar-refractivity contribution in [3.8, 4) is 17.3 Å². The first kappa shape index (κ1) is 20.5. The number of ether oxygens (including phenoxy) is 2. The molecule has 1 aromatic carbocycles. The summed E-state index contributed by atoms with van der Waals surface area (Å²) in [5.41, 5.74) is 0.631. The minimum absolute atomic E-state index is 0.151. The Morgan fingerprint density at radius 3 is 2.13 bits per heavy atom. The van der Waals surface area contributed by atoms with E-state index in [1.165, 1.54) is 0 Å². The van der Waals surface area contributed by atoms with E-state index >= 15 is 0 Å². The summed E-state index contributed by atoms with van der Waals surface area (Å²) in [4.78, 5) is 25.9. The quantitative estimate of drug-likeness (QED) is 0.681. The molecule has 3 aromatic rings. The second-order valence-corrected chi connectivity index (χ2v) is 7.23. The standard InChI is InChI=1S/C22H26N6O3/c1-16-23-20(26-6-4-5-7-26)15-21(24-16)27-8-10-28(11-9-27)22(29)25-17-12-18(30-2)14-19(13-17)31-3/h4-7,12-15H,8-11H2,1-3H3,(H,25,29). The van der Waals surface area contributed by atoms with Crippen LogP contribution in [0.5, 0.6) is 11.5 Å². The van der Waals surface area contributed by atoms with Gasteiger partial charge in [0.15, 0.2) is 0 Å². The summed E-state index contributed by atoms with van der Waals surface area (Å²) in [5, 5.41) is 2.93. The van der Waals surface area contributed by atoms with Crippen molar-refractivity contribution in [1.82, 2.24) is 19.4 Å². The maximum Gasteiger partial charge on any atom is 0.321 e. The van der Waals surface area contributed by atoms with Gasteiger partial charge < -0.3 is 29.2 Å². The van der Waals surface area contributed by atoms with Gasteiger partial charge in [0, 0.05) is 68.5 Å². The normalized spacial score (nSPS) is 13.8. The summed E-state index contributed by atoms with van der Waals surface area (Å²) < 4.78 is 12.5. The van der Waals surface area contributed by atoms with Gasteiger partial charge in [-0.1, -0.05) is 0 Å². The highest BCUT2D eigenvalue weighted by Crippen LogP contribution is 2.26. The van der Waals surface area contributed by atoms with Crippen molar-refractivity contribution in [3.05, 3.63) is 54.6 Å². The predicted molar refractivity (Wildman–Crippen MR) is 118 cm³/mol. The smallest absolute Gasteiger partial charge is 0.321 e. The third-order valence-corrected chi connectivity index (χ3v) is 5.17. The minimum atomic E-state index is -0.151. The summed E-state index contributed by atoms with van der Waals surface area (Å²) in [6, 6.07) is 11.1. The summed E-state index contributed by atoms with van der Waals surface area (Å²) in [5.74, 6) is 3.66. The number of rotatable bonds is 5. The fraction of sp³-hybridized carbons (Fsp3) is 0.318. The molecule has 31 heavy (non-hydrogen) atoms. The highest BCUT2D eigenvalue weighted by Gasteiger charge is 2.23. The molecule has 4 rings (SSSR count). The second kappa shape index (κ2) is 8.95. The monoisotopic (exact) mass is 422 g/mol. The lowest BCUT2D eigenvalue weighted by molar-refractivity contribution is 0.208. The zero-order chi connectivity index (χ0) is 21.8. The van der Waals surface area contributed by atoms with E-state index in [1.807, 2.05) is 42.1 Å². The van der Waals surface area contributed by atoms with Gasteiger partial charge in [0.25, 0.3) is 0 Å². The number of amides is 2. The van der Waals surface area contributed by atoms with Gasteiger partial charge >= 0.3 is 6.03 Å². The number of nitrogens with zero attached hydrogens (tertiary/aromatic N) is 5. The van der Waals surface area contributed by atoms with Gasteiger partial charge in [0.1, 0.15) is 29.0 Å². The first-order valence-electron chi connectivity index (χ1n) is 10.1. The highest BCUT2D eigenvalue weighted by molar-refractivity contribution is 5.90. The van der Waals surface area contributed by atoms with Gasteiger partial charge in [-0.15, -0.1) is 0 Å². The Labute approximate surface area is 181 Å². The van der Waals surface area contributed by atoms with Gasteiger partial charge in [0.2, 0.25) is 0 Å². The molecule has 0 saturated carbocycles. The van der Waals surface area contributed by atoms with Gasteiger partial charge in [-0.25, -0.2) is 14.8 Å². The van der Waals surface area contributed by atoms with Crippen LogP contribution in [0.15, 0.2) is 48.8 Å². The number of methoxy groups -OCH3 is 2. The van der Waals surface area contributed by atoms with Crippen molar-refractivity contribution < 1.29 is 14.3 Å². The molecule has 162 valence electrons. The van der Waals surface area contributed by atoms with Crippen LogP contribution in [0.3, 0.4) is 0 Å². The molecule has 0 unspecified atom stereocenters. The van der Waals surface area contributed by atoms with Crippen molar-refractivity contribution in [2.24, 2.45) is 0 Å². The van der Waals surface area contributed by atoms with E-state index in [9.17, 15) is 4.79 Å². The van der Waals surface area contributed by atoms with Gasteiger partial charge in [-0.2, -0.15) is 0 Å². The number of benzene rings is 1. The van der Waals surface area contributed by atoms with Crippen molar-refractivity contribution >= 4 is 17.5 Å². The van der Waals surface area contributed by atoms with Crippen molar-refractivity contribution in [1.29, 1.82) is 0 Å². The van der Waals surface area contributed by atoms with E-state index in [0.29, 0.717) is 49.2 Å². The fourth-order valence-electron chi connectivity index (χ4n) is 3.54. The Bertz CT molecular complexity index is 1020. The first-order chi connectivity index (χ1) is 15.1. The van der Waals surface area contributed by atoms with Crippen LogP contribution >= 0.6 is 0 Å². The topological polar surface area (TPSA) is 84.8 Å². The molecule has 0 spiro atoms. The van der Waals surface area contributed by atoms with Crippen molar-refractivity contribution in [2.75, 3.05) is 50.6 Å². The molecule has 9 heteroatoms. The molecule has 3 heterocycles. The van der Waals surface area contributed by atoms with E-state index in [0.717, 1.165) is 11.6 Å². The molecule has 0 bridgehead atoms. The summed E-state index contributed by atoms with van der Waals surface area (Å²) in [6.07, 6.45) is 3.92. The zero-order valence-corrected chi connectivity index (χ0v) is 17.9. The minimum Gasteiger partial charge on any atom is -0.497 e.